The van der Waals surface area contributed by atoms with E-state index in [9.17, 15) is 8.42 Å². The smallest absolute Gasteiger partial charge is 0.207 e. The zero-order valence-corrected chi connectivity index (χ0v) is 19.7. The first-order chi connectivity index (χ1) is 14.8. The van der Waals surface area contributed by atoms with Crippen molar-refractivity contribution in [1.82, 2.24) is 0 Å². The summed E-state index contributed by atoms with van der Waals surface area (Å²) in [5.41, 5.74) is 2.37. The Morgan fingerprint density at radius 2 is 0.871 bits per heavy atom. The maximum absolute atomic E-state index is 13.8. The molecule has 0 atom stereocenters. The number of benzene rings is 4. The van der Waals surface area contributed by atoms with Gasteiger partial charge in [0, 0.05) is 11.1 Å². The van der Waals surface area contributed by atoms with E-state index >= 15 is 0 Å². The van der Waals surface area contributed by atoms with Gasteiger partial charge in [0.05, 0.1) is 29.9 Å². The second kappa shape index (κ2) is 8.85. The highest BCUT2D eigenvalue weighted by Crippen LogP contribution is 2.38. The number of sulfone groups is 1. The molecule has 0 aliphatic heterocycles. The monoisotopic (exact) mass is 506 g/mol. The van der Waals surface area contributed by atoms with E-state index in [1.54, 1.807) is 84.9 Å². The van der Waals surface area contributed by atoms with Crippen molar-refractivity contribution < 1.29 is 8.42 Å². The fourth-order valence-corrected chi connectivity index (χ4v) is 5.62. The zero-order chi connectivity index (χ0) is 22.2. The summed E-state index contributed by atoms with van der Waals surface area (Å²) in [6.07, 6.45) is 0. The summed E-state index contributed by atoms with van der Waals surface area (Å²) in [7, 11) is -3.89. The number of hydrogen-bond donors (Lipinski definition) is 0. The minimum absolute atomic E-state index is 0.167. The van der Waals surface area contributed by atoms with Gasteiger partial charge in [0.25, 0.3) is 0 Å². The standard InChI is InChI=1S/C24H14Cl4O2S/c25-19-11-9-15(13-21(19)27)17-5-1-3-7-23(17)31(29,30)24-8-4-2-6-18(24)16-10-12-20(26)22(28)14-16/h1-14H. The van der Waals surface area contributed by atoms with Crippen molar-refractivity contribution in [2.45, 2.75) is 9.79 Å². The van der Waals surface area contributed by atoms with Gasteiger partial charge in [-0.3, -0.25) is 0 Å². The molecule has 2 nitrogen and oxygen atoms in total. The van der Waals surface area contributed by atoms with E-state index in [4.69, 9.17) is 46.4 Å². The molecule has 0 bridgehead atoms. The molecule has 0 fully saturated rings. The average molecular weight is 508 g/mol. The van der Waals surface area contributed by atoms with Crippen LogP contribution in [0.1, 0.15) is 0 Å². The van der Waals surface area contributed by atoms with Crippen LogP contribution in [0.4, 0.5) is 0 Å². The van der Waals surface area contributed by atoms with Crippen LogP contribution in [-0.2, 0) is 9.84 Å². The van der Waals surface area contributed by atoms with E-state index in [-0.39, 0.29) is 9.79 Å². The maximum atomic E-state index is 13.8. The topological polar surface area (TPSA) is 34.1 Å². The summed E-state index contributed by atoms with van der Waals surface area (Å²) < 4.78 is 27.6. The lowest BCUT2D eigenvalue weighted by Crippen LogP contribution is -2.06. The molecule has 7 heteroatoms. The molecule has 0 amide bonds. The Morgan fingerprint density at radius 1 is 0.484 bits per heavy atom. The Hall–Kier alpha value is -2.01. The first kappa shape index (κ1) is 22.2. The van der Waals surface area contributed by atoms with Gasteiger partial charge in [-0.15, -0.1) is 0 Å². The van der Waals surface area contributed by atoms with Crippen molar-refractivity contribution in [2.24, 2.45) is 0 Å². The summed E-state index contributed by atoms with van der Waals surface area (Å²) >= 11 is 24.4. The molecule has 0 unspecified atom stereocenters. The fourth-order valence-electron chi connectivity index (χ4n) is 3.32. The van der Waals surface area contributed by atoms with Crippen molar-refractivity contribution in [2.75, 3.05) is 0 Å². The van der Waals surface area contributed by atoms with Crippen LogP contribution in [0.25, 0.3) is 22.3 Å². The molecule has 0 spiro atoms. The number of hydrogen-bond acceptors (Lipinski definition) is 2. The molecular weight excluding hydrogens is 494 g/mol. The molecule has 4 aromatic rings. The van der Waals surface area contributed by atoms with Gasteiger partial charge in [0.15, 0.2) is 0 Å². The summed E-state index contributed by atoms with van der Waals surface area (Å²) in [6.45, 7) is 0. The molecule has 156 valence electrons. The first-order valence-electron chi connectivity index (χ1n) is 9.13. The van der Waals surface area contributed by atoms with Crippen LogP contribution in [-0.4, -0.2) is 8.42 Å². The van der Waals surface area contributed by atoms with Crippen molar-refractivity contribution in [1.29, 1.82) is 0 Å². The Morgan fingerprint density at radius 3 is 1.26 bits per heavy atom. The molecular formula is C24H14Cl4O2S. The van der Waals surface area contributed by atoms with Crippen LogP contribution < -0.4 is 0 Å². The van der Waals surface area contributed by atoms with Crippen LogP contribution in [0.15, 0.2) is 94.7 Å². The molecule has 0 aliphatic rings. The fraction of sp³-hybridized carbons (Fsp3) is 0. The van der Waals surface area contributed by atoms with E-state index in [1.165, 1.54) is 0 Å². The van der Waals surface area contributed by atoms with E-state index in [1.807, 2.05) is 0 Å². The summed E-state index contributed by atoms with van der Waals surface area (Å²) in [5.74, 6) is 0. The molecule has 0 saturated heterocycles. The normalized spacial score (nSPS) is 11.5. The maximum Gasteiger partial charge on any atom is 0.207 e. The van der Waals surface area contributed by atoms with Crippen LogP contribution in [0.3, 0.4) is 0 Å². The minimum Gasteiger partial charge on any atom is -0.218 e. The second-order valence-corrected chi connectivity index (χ2v) is 10.3. The van der Waals surface area contributed by atoms with Crippen molar-refractivity contribution in [3.05, 3.63) is 105 Å². The second-order valence-electron chi connectivity index (χ2n) is 6.75. The van der Waals surface area contributed by atoms with Gasteiger partial charge in [-0.05, 0) is 47.5 Å². The van der Waals surface area contributed by atoms with Crippen molar-refractivity contribution in [3.8, 4) is 22.3 Å². The van der Waals surface area contributed by atoms with Gasteiger partial charge in [-0.2, -0.15) is 0 Å². The van der Waals surface area contributed by atoms with Gasteiger partial charge in [-0.25, -0.2) is 8.42 Å². The predicted octanol–water partition coefficient (Wildman–Crippen LogP) is 8.47. The lowest BCUT2D eigenvalue weighted by molar-refractivity contribution is 0.596. The minimum atomic E-state index is -3.89. The molecule has 31 heavy (non-hydrogen) atoms. The molecule has 0 N–H and O–H groups in total. The van der Waals surface area contributed by atoms with E-state index in [0.29, 0.717) is 42.3 Å². The van der Waals surface area contributed by atoms with Gasteiger partial charge >= 0.3 is 0 Å². The summed E-state index contributed by atoms with van der Waals surface area (Å²) in [6, 6.07) is 23.7. The largest absolute Gasteiger partial charge is 0.218 e. The van der Waals surface area contributed by atoms with Crippen LogP contribution in [0.5, 0.6) is 0 Å². The van der Waals surface area contributed by atoms with Gasteiger partial charge in [0.1, 0.15) is 0 Å². The quantitative estimate of drug-likeness (QED) is 0.277. The van der Waals surface area contributed by atoms with Crippen LogP contribution >= 0.6 is 46.4 Å². The van der Waals surface area contributed by atoms with Crippen molar-refractivity contribution >= 4 is 56.2 Å². The van der Waals surface area contributed by atoms with Gasteiger partial charge < -0.3 is 0 Å². The Labute approximate surface area is 200 Å². The third kappa shape index (κ3) is 4.34. The van der Waals surface area contributed by atoms with Gasteiger partial charge in [-0.1, -0.05) is 94.9 Å². The van der Waals surface area contributed by atoms with E-state index < -0.39 is 9.84 Å². The average Bonchev–Trinajstić information content (AvgIpc) is 2.77. The predicted molar refractivity (Wildman–Crippen MR) is 129 cm³/mol. The highest BCUT2D eigenvalue weighted by molar-refractivity contribution is 7.91. The zero-order valence-electron chi connectivity index (χ0n) is 15.8. The Balaban J connectivity index is 1.92. The van der Waals surface area contributed by atoms with Crippen LogP contribution in [0, 0.1) is 0 Å². The molecule has 0 heterocycles. The molecule has 0 aliphatic carbocycles. The molecule has 4 rings (SSSR count). The SMILES string of the molecule is O=S(=O)(c1ccccc1-c1ccc(Cl)c(Cl)c1)c1ccccc1-c1ccc(Cl)c(Cl)c1. The van der Waals surface area contributed by atoms with Gasteiger partial charge in [0.2, 0.25) is 9.84 Å². The first-order valence-corrected chi connectivity index (χ1v) is 12.1. The highest BCUT2D eigenvalue weighted by atomic mass is 35.5. The Kier molecular flexibility index (Phi) is 6.34. The molecule has 0 radical (unpaired) electrons. The van der Waals surface area contributed by atoms with E-state index in [2.05, 4.69) is 0 Å². The third-order valence-corrected chi connectivity index (χ3v) is 8.16. The van der Waals surface area contributed by atoms with E-state index in [0.717, 1.165) is 0 Å². The lowest BCUT2D eigenvalue weighted by atomic mass is 10.1. The summed E-state index contributed by atoms with van der Waals surface area (Å²) in [5, 5.41) is 1.50. The molecule has 0 aromatic heterocycles. The highest BCUT2D eigenvalue weighted by Gasteiger charge is 2.25. The number of rotatable bonds is 4. The van der Waals surface area contributed by atoms with Crippen molar-refractivity contribution in [3.63, 3.8) is 0 Å². The molecule has 0 saturated carbocycles. The Bertz CT molecular complexity index is 1300. The summed E-state index contributed by atoms with van der Waals surface area (Å²) in [4.78, 5) is 0.335. The lowest BCUT2D eigenvalue weighted by Gasteiger charge is -2.15. The molecule has 4 aromatic carbocycles. The number of halogens is 4. The van der Waals surface area contributed by atoms with Crippen LogP contribution in [0.2, 0.25) is 20.1 Å². The third-order valence-electron chi connectivity index (χ3n) is 4.81.